The Morgan fingerprint density at radius 1 is 1.21 bits per heavy atom. The summed E-state index contributed by atoms with van der Waals surface area (Å²) in [7, 11) is 1.59. The summed E-state index contributed by atoms with van der Waals surface area (Å²) in [4.78, 5) is 25.7. The topological polar surface area (TPSA) is 82.3 Å². The molecule has 7 nitrogen and oxygen atoms in total. The summed E-state index contributed by atoms with van der Waals surface area (Å²) >= 11 is 0. The second-order valence-electron chi connectivity index (χ2n) is 8.60. The van der Waals surface area contributed by atoms with Crippen LogP contribution in [-0.2, 0) is 24.1 Å². The van der Waals surface area contributed by atoms with E-state index in [9.17, 15) is 10.1 Å². The number of piperazine rings is 1. The molecule has 1 atom stereocenters. The molecule has 1 unspecified atom stereocenters. The normalized spacial score (nSPS) is 15.6. The molecule has 0 spiro atoms. The second-order valence-corrected chi connectivity index (χ2v) is 8.60. The van der Waals surface area contributed by atoms with Crippen LogP contribution in [0.5, 0.6) is 6.01 Å². The van der Waals surface area contributed by atoms with Crippen LogP contribution in [0.3, 0.4) is 0 Å². The zero-order valence-corrected chi connectivity index (χ0v) is 20.4. The number of carbonyl (C=O) groups is 1. The van der Waals surface area contributed by atoms with Gasteiger partial charge in [-0.25, -0.2) is 0 Å². The quantitative estimate of drug-likeness (QED) is 0.370. The van der Waals surface area contributed by atoms with Crippen molar-refractivity contribution in [3.8, 4) is 12.1 Å². The van der Waals surface area contributed by atoms with Crippen LogP contribution in [0.15, 0.2) is 43.0 Å². The summed E-state index contributed by atoms with van der Waals surface area (Å²) in [6.07, 6.45) is 7.49. The van der Waals surface area contributed by atoms with Crippen LogP contribution in [0.25, 0.3) is 0 Å². The van der Waals surface area contributed by atoms with Gasteiger partial charge >= 0.3 is 6.01 Å². The smallest absolute Gasteiger partial charge is 0.318 e. The molecule has 0 radical (unpaired) electrons. The van der Waals surface area contributed by atoms with Crippen LogP contribution in [-0.4, -0.2) is 53.6 Å². The number of ether oxygens (including phenoxy) is 1. The molecule has 2 aromatic rings. The highest BCUT2D eigenvalue weighted by molar-refractivity contribution is 5.87. The van der Waals surface area contributed by atoms with Crippen LogP contribution >= 0.6 is 0 Å². The lowest BCUT2D eigenvalue weighted by Gasteiger charge is -2.41. The predicted molar refractivity (Wildman–Crippen MR) is 134 cm³/mol. The maximum absolute atomic E-state index is 12.3. The number of methoxy groups -OCH3 is 1. The molecule has 34 heavy (non-hydrogen) atoms. The molecule has 1 amide bonds. The van der Waals surface area contributed by atoms with Crippen molar-refractivity contribution in [3.05, 3.63) is 59.8 Å². The number of hydrogen-bond donors (Lipinski definition) is 0. The fourth-order valence-electron chi connectivity index (χ4n) is 4.56. The zero-order valence-electron chi connectivity index (χ0n) is 20.4. The minimum Gasteiger partial charge on any atom is -0.467 e. The van der Waals surface area contributed by atoms with E-state index in [2.05, 4.69) is 48.7 Å². The minimum atomic E-state index is -0.200. The van der Waals surface area contributed by atoms with Gasteiger partial charge in [-0.1, -0.05) is 50.3 Å². The number of amides is 1. The first-order chi connectivity index (χ1) is 16.6. The van der Waals surface area contributed by atoms with Crippen molar-refractivity contribution >= 4 is 11.7 Å². The van der Waals surface area contributed by atoms with Crippen LogP contribution in [0.2, 0.25) is 0 Å². The van der Waals surface area contributed by atoms with Crippen LogP contribution < -0.4 is 9.64 Å². The molecule has 1 saturated heterocycles. The van der Waals surface area contributed by atoms with Crippen LogP contribution in [0.1, 0.15) is 49.4 Å². The number of aryl methyl sites for hydroxylation is 2. The van der Waals surface area contributed by atoms with E-state index >= 15 is 0 Å². The fourth-order valence-corrected chi connectivity index (χ4v) is 4.56. The van der Waals surface area contributed by atoms with Gasteiger partial charge < -0.3 is 14.5 Å². The van der Waals surface area contributed by atoms with E-state index in [-0.39, 0.29) is 18.4 Å². The largest absolute Gasteiger partial charge is 0.467 e. The molecule has 1 aliphatic heterocycles. The summed E-state index contributed by atoms with van der Waals surface area (Å²) < 4.78 is 5.47. The number of aromatic nitrogens is 2. The van der Waals surface area contributed by atoms with Gasteiger partial charge in [0.2, 0.25) is 5.91 Å². The lowest BCUT2D eigenvalue weighted by atomic mass is 10.0. The Hall–Kier alpha value is -3.40. The second kappa shape index (κ2) is 12.7. The maximum Gasteiger partial charge on any atom is 0.318 e. The van der Waals surface area contributed by atoms with Gasteiger partial charge in [0, 0.05) is 25.2 Å². The SMILES string of the molecule is C=CC(=O)N1CCN(c2nc(OC)nc(CCCCc3ccccc3)c2CCC)CC1CC#N. The molecule has 1 aliphatic rings. The van der Waals surface area contributed by atoms with Crippen molar-refractivity contribution in [2.24, 2.45) is 0 Å². The Morgan fingerprint density at radius 2 is 1.97 bits per heavy atom. The first-order valence-electron chi connectivity index (χ1n) is 12.1. The molecule has 1 aromatic heterocycles. The number of unbranched alkanes of at least 4 members (excludes halogenated alkanes) is 1. The van der Waals surface area contributed by atoms with Gasteiger partial charge in [0.05, 0.1) is 31.3 Å². The van der Waals surface area contributed by atoms with E-state index in [1.54, 1.807) is 12.0 Å². The predicted octanol–water partition coefficient (Wildman–Crippen LogP) is 4.12. The Balaban J connectivity index is 1.81. The minimum absolute atomic E-state index is 0.131. The van der Waals surface area contributed by atoms with Crippen molar-refractivity contribution in [2.75, 3.05) is 31.6 Å². The average molecular weight is 462 g/mol. The van der Waals surface area contributed by atoms with Crippen molar-refractivity contribution in [2.45, 2.75) is 57.9 Å². The molecular weight excluding hydrogens is 426 g/mol. The summed E-state index contributed by atoms with van der Waals surface area (Å²) in [6.45, 7) is 7.50. The van der Waals surface area contributed by atoms with E-state index in [0.29, 0.717) is 25.6 Å². The number of benzene rings is 1. The summed E-state index contributed by atoms with van der Waals surface area (Å²) in [6, 6.07) is 12.9. The molecule has 0 bridgehead atoms. The number of carbonyl (C=O) groups excluding carboxylic acids is 1. The number of hydrogen-bond acceptors (Lipinski definition) is 6. The van der Waals surface area contributed by atoms with Crippen LogP contribution in [0.4, 0.5) is 5.82 Å². The third-order valence-corrected chi connectivity index (χ3v) is 6.27. The van der Waals surface area contributed by atoms with Gasteiger partial charge in [-0.15, -0.1) is 0 Å². The maximum atomic E-state index is 12.3. The molecule has 3 rings (SSSR count). The number of rotatable bonds is 11. The first-order valence-corrected chi connectivity index (χ1v) is 12.1. The third-order valence-electron chi connectivity index (χ3n) is 6.27. The van der Waals surface area contributed by atoms with Gasteiger partial charge in [0.1, 0.15) is 5.82 Å². The Kier molecular flexibility index (Phi) is 9.45. The van der Waals surface area contributed by atoms with Crippen LogP contribution in [0, 0.1) is 11.3 Å². The highest BCUT2D eigenvalue weighted by Crippen LogP contribution is 2.29. The zero-order chi connectivity index (χ0) is 24.3. The Bertz CT molecular complexity index is 1000. The Morgan fingerprint density at radius 3 is 2.65 bits per heavy atom. The molecule has 7 heteroatoms. The van der Waals surface area contributed by atoms with Crippen molar-refractivity contribution in [1.82, 2.24) is 14.9 Å². The lowest BCUT2D eigenvalue weighted by Crippen LogP contribution is -2.55. The van der Waals surface area contributed by atoms with Gasteiger partial charge in [0.15, 0.2) is 0 Å². The standard InChI is InChI=1S/C27H35N5O2/c1-4-11-23-24(15-10-9-14-21-12-7-6-8-13-21)29-27(34-3)30-26(23)31-18-19-32(25(33)5-2)22(20-31)16-17-28/h5-8,12-13,22H,2,4,9-11,14-16,18-20H2,1,3H3. The lowest BCUT2D eigenvalue weighted by molar-refractivity contribution is -0.128. The monoisotopic (exact) mass is 461 g/mol. The molecule has 0 saturated carbocycles. The van der Waals surface area contributed by atoms with E-state index in [4.69, 9.17) is 14.7 Å². The van der Waals surface area contributed by atoms with Gasteiger partial charge in [0.25, 0.3) is 0 Å². The molecule has 1 fully saturated rings. The summed E-state index contributed by atoms with van der Waals surface area (Å²) in [5, 5.41) is 9.34. The summed E-state index contributed by atoms with van der Waals surface area (Å²) in [5.74, 6) is 0.744. The number of nitriles is 1. The number of anilines is 1. The van der Waals surface area contributed by atoms with E-state index in [0.717, 1.165) is 55.6 Å². The van der Waals surface area contributed by atoms with E-state index in [1.165, 1.54) is 11.6 Å². The van der Waals surface area contributed by atoms with Crippen molar-refractivity contribution in [1.29, 1.82) is 5.26 Å². The molecule has 0 N–H and O–H groups in total. The molecular formula is C27H35N5O2. The van der Waals surface area contributed by atoms with Gasteiger partial charge in [-0.3, -0.25) is 4.79 Å². The molecule has 0 aliphatic carbocycles. The molecule has 2 heterocycles. The van der Waals surface area contributed by atoms with Crippen molar-refractivity contribution < 1.29 is 9.53 Å². The summed E-state index contributed by atoms with van der Waals surface area (Å²) in [5.41, 5.74) is 3.55. The highest BCUT2D eigenvalue weighted by Gasteiger charge is 2.31. The van der Waals surface area contributed by atoms with E-state index in [1.807, 2.05) is 6.07 Å². The van der Waals surface area contributed by atoms with E-state index < -0.39 is 0 Å². The highest BCUT2D eigenvalue weighted by atomic mass is 16.5. The first kappa shape index (κ1) is 25.2. The Labute approximate surface area is 203 Å². The molecule has 180 valence electrons. The van der Waals surface area contributed by atoms with Crippen molar-refractivity contribution in [3.63, 3.8) is 0 Å². The van der Waals surface area contributed by atoms with Gasteiger partial charge in [-0.05, 0) is 43.7 Å². The molecule has 1 aromatic carbocycles. The third kappa shape index (κ3) is 6.34. The average Bonchev–Trinajstić information content (AvgIpc) is 2.87. The fraction of sp³-hybridized carbons (Fsp3) is 0.481. The number of nitrogens with zero attached hydrogens (tertiary/aromatic N) is 5. The van der Waals surface area contributed by atoms with Gasteiger partial charge in [-0.2, -0.15) is 15.2 Å².